The van der Waals surface area contributed by atoms with Gasteiger partial charge in [-0.1, -0.05) is 6.07 Å². The van der Waals surface area contributed by atoms with Crippen LogP contribution in [0.4, 0.5) is 0 Å². The highest BCUT2D eigenvalue weighted by Crippen LogP contribution is 2.02. The van der Waals surface area contributed by atoms with Gasteiger partial charge in [0.25, 0.3) is 0 Å². The van der Waals surface area contributed by atoms with Gasteiger partial charge in [-0.15, -0.1) is 12.4 Å². The first-order valence-electron chi connectivity index (χ1n) is 3.39. The average molecular weight is 187 g/mol. The minimum atomic E-state index is -0.341. The highest BCUT2D eigenvalue weighted by Gasteiger charge is 2.01. The maximum Gasteiger partial charge on any atom is 0.223 e. The Balaban J connectivity index is 0.00000121. The number of aromatic nitrogens is 1. The molecule has 12 heavy (non-hydrogen) atoms. The molecule has 0 aliphatic rings. The molecule has 0 saturated heterocycles. The molecule has 0 aliphatic heterocycles. The third-order valence-electron chi connectivity index (χ3n) is 1.46. The first-order chi connectivity index (χ1) is 5.20. The van der Waals surface area contributed by atoms with Crippen molar-refractivity contribution in [2.45, 2.75) is 13.3 Å². The second-order valence-electron chi connectivity index (χ2n) is 2.41. The molecule has 3 nitrogen and oxygen atoms in total. The molecule has 0 bridgehead atoms. The van der Waals surface area contributed by atoms with Gasteiger partial charge in [0.2, 0.25) is 5.91 Å². The van der Waals surface area contributed by atoms with Crippen molar-refractivity contribution >= 4 is 18.3 Å². The van der Waals surface area contributed by atoms with Crippen LogP contribution in [0.1, 0.15) is 11.3 Å². The topological polar surface area (TPSA) is 56.0 Å². The van der Waals surface area contributed by atoms with Crippen molar-refractivity contribution in [3.05, 3.63) is 29.6 Å². The Morgan fingerprint density at radius 1 is 1.67 bits per heavy atom. The van der Waals surface area contributed by atoms with Gasteiger partial charge in [-0.3, -0.25) is 9.78 Å². The summed E-state index contributed by atoms with van der Waals surface area (Å²) in [6.07, 6.45) is 1.89. The summed E-state index contributed by atoms with van der Waals surface area (Å²) in [5.74, 6) is -0.341. The van der Waals surface area contributed by atoms with Crippen LogP contribution in [-0.4, -0.2) is 10.9 Å². The van der Waals surface area contributed by atoms with E-state index in [0.717, 1.165) is 11.3 Å². The summed E-state index contributed by atoms with van der Waals surface area (Å²) < 4.78 is 0. The molecule has 1 aromatic heterocycles. The van der Waals surface area contributed by atoms with Crippen LogP contribution in [0.3, 0.4) is 0 Å². The van der Waals surface area contributed by atoms with Gasteiger partial charge >= 0.3 is 0 Å². The molecular weight excluding hydrogens is 176 g/mol. The van der Waals surface area contributed by atoms with Gasteiger partial charge in [0.15, 0.2) is 0 Å². The van der Waals surface area contributed by atoms with Crippen molar-refractivity contribution in [2.24, 2.45) is 5.73 Å². The molecule has 2 N–H and O–H groups in total. The molecule has 0 fully saturated rings. The van der Waals surface area contributed by atoms with E-state index in [1.54, 1.807) is 6.20 Å². The van der Waals surface area contributed by atoms with Crippen LogP contribution in [0.5, 0.6) is 0 Å². The largest absolute Gasteiger partial charge is 0.369 e. The summed E-state index contributed by atoms with van der Waals surface area (Å²) in [5, 5.41) is 0. The Labute approximate surface area is 77.4 Å². The third kappa shape index (κ3) is 2.88. The van der Waals surface area contributed by atoms with E-state index >= 15 is 0 Å². The molecule has 1 aromatic rings. The van der Waals surface area contributed by atoms with Gasteiger partial charge in [0.05, 0.1) is 12.1 Å². The van der Waals surface area contributed by atoms with Crippen molar-refractivity contribution in [3.8, 4) is 0 Å². The number of halogens is 1. The van der Waals surface area contributed by atoms with E-state index in [2.05, 4.69) is 4.98 Å². The smallest absolute Gasteiger partial charge is 0.223 e. The molecule has 66 valence electrons. The van der Waals surface area contributed by atoms with Gasteiger partial charge in [-0.2, -0.15) is 0 Å². The van der Waals surface area contributed by atoms with E-state index in [-0.39, 0.29) is 24.7 Å². The third-order valence-corrected chi connectivity index (χ3v) is 1.46. The van der Waals surface area contributed by atoms with Gasteiger partial charge in [0.1, 0.15) is 0 Å². The highest BCUT2D eigenvalue weighted by molar-refractivity contribution is 5.85. The maximum atomic E-state index is 10.5. The molecule has 4 heteroatoms. The first-order valence-corrected chi connectivity index (χ1v) is 3.39. The molecule has 1 amide bonds. The minimum absolute atomic E-state index is 0. The molecule has 0 spiro atoms. The zero-order valence-corrected chi connectivity index (χ0v) is 7.60. The minimum Gasteiger partial charge on any atom is -0.369 e. The molecule has 0 atom stereocenters. The normalized spacial score (nSPS) is 8.75. The zero-order chi connectivity index (χ0) is 8.27. The van der Waals surface area contributed by atoms with E-state index in [4.69, 9.17) is 5.73 Å². The summed E-state index contributed by atoms with van der Waals surface area (Å²) in [7, 11) is 0. The fourth-order valence-electron chi connectivity index (χ4n) is 0.868. The average Bonchev–Trinajstić information content (AvgIpc) is 1.93. The molecule has 0 aliphatic carbocycles. The second kappa shape index (κ2) is 4.72. The Morgan fingerprint density at radius 2 is 2.33 bits per heavy atom. The Kier molecular flexibility index (Phi) is 4.29. The number of amides is 1. The Morgan fingerprint density at radius 3 is 2.83 bits per heavy atom. The second-order valence-corrected chi connectivity index (χ2v) is 2.41. The number of aryl methyl sites for hydroxylation is 1. The number of nitrogens with two attached hydrogens (primary N) is 1. The molecule has 0 radical (unpaired) electrons. The summed E-state index contributed by atoms with van der Waals surface area (Å²) in [6, 6.07) is 3.74. The van der Waals surface area contributed by atoms with E-state index < -0.39 is 0 Å². The van der Waals surface area contributed by atoms with Crippen LogP contribution in [0.2, 0.25) is 0 Å². The van der Waals surface area contributed by atoms with E-state index in [9.17, 15) is 4.79 Å². The predicted molar refractivity (Wildman–Crippen MR) is 49.1 cm³/mol. The van der Waals surface area contributed by atoms with Crippen molar-refractivity contribution in [1.29, 1.82) is 0 Å². The summed E-state index contributed by atoms with van der Waals surface area (Å²) >= 11 is 0. The lowest BCUT2D eigenvalue weighted by molar-refractivity contribution is -0.117. The number of rotatable bonds is 2. The molecule has 0 saturated carbocycles. The fraction of sp³-hybridized carbons (Fsp3) is 0.250. The van der Waals surface area contributed by atoms with Crippen LogP contribution < -0.4 is 5.73 Å². The number of carbonyl (C=O) groups excluding carboxylic acids is 1. The van der Waals surface area contributed by atoms with Gasteiger partial charge in [0, 0.05) is 6.20 Å². The highest BCUT2D eigenvalue weighted by atomic mass is 35.5. The number of primary amides is 1. The van der Waals surface area contributed by atoms with Crippen molar-refractivity contribution < 1.29 is 4.79 Å². The van der Waals surface area contributed by atoms with E-state index in [0.29, 0.717) is 0 Å². The van der Waals surface area contributed by atoms with Gasteiger partial charge in [-0.05, 0) is 18.6 Å². The van der Waals surface area contributed by atoms with Crippen LogP contribution >= 0.6 is 12.4 Å². The van der Waals surface area contributed by atoms with E-state index in [1.807, 2.05) is 19.1 Å². The Hall–Kier alpha value is -1.09. The zero-order valence-electron chi connectivity index (χ0n) is 6.78. The van der Waals surface area contributed by atoms with Crippen LogP contribution in [-0.2, 0) is 11.2 Å². The molecular formula is C8H11ClN2O. The maximum absolute atomic E-state index is 10.5. The number of hydrogen-bond acceptors (Lipinski definition) is 2. The van der Waals surface area contributed by atoms with Crippen LogP contribution in [0.15, 0.2) is 18.3 Å². The lowest BCUT2D eigenvalue weighted by Gasteiger charge is -1.99. The number of hydrogen-bond donors (Lipinski definition) is 1. The van der Waals surface area contributed by atoms with Crippen molar-refractivity contribution in [1.82, 2.24) is 4.98 Å². The quantitative estimate of drug-likeness (QED) is 0.744. The van der Waals surface area contributed by atoms with Gasteiger partial charge < -0.3 is 5.73 Å². The SMILES string of the molecule is Cc1cccnc1CC(N)=O.Cl. The van der Waals surface area contributed by atoms with E-state index in [1.165, 1.54) is 0 Å². The fourth-order valence-corrected chi connectivity index (χ4v) is 0.868. The van der Waals surface area contributed by atoms with Crippen LogP contribution in [0.25, 0.3) is 0 Å². The molecule has 1 heterocycles. The van der Waals surface area contributed by atoms with Crippen LogP contribution in [0, 0.1) is 6.92 Å². The lowest BCUT2D eigenvalue weighted by Crippen LogP contribution is -2.15. The number of carbonyl (C=O) groups is 1. The Bertz CT molecular complexity index is 276. The summed E-state index contributed by atoms with van der Waals surface area (Å²) in [5.41, 5.74) is 6.78. The number of nitrogens with zero attached hydrogens (tertiary/aromatic N) is 1. The number of pyridine rings is 1. The monoisotopic (exact) mass is 186 g/mol. The predicted octanol–water partition coefficient (Wildman–Crippen LogP) is 0.840. The molecule has 0 unspecified atom stereocenters. The summed E-state index contributed by atoms with van der Waals surface area (Å²) in [6.45, 7) is 1.91. The lowest BCUT2D eigenvalue weighted by atomic mass is 10.1. The van der Waals surface area contributed by atoms with Crippen molar-refractivity contribution in [2.75, 3.05) is 0 Å². The summed E-state index contributed by atoms with van der Waals surface area (Å²) in [4.78, 5) is 14.5. The van der Waals surface area contributed by atoms with Gasteiger partial charge in [-0.25, -0.2) is 0 Å². The van der Waals surface area contributed by atoms with Crippen molar-refractivity contribution in [3.63, 3.8) is 0 Å². The molecule has 0 aromatic carbocycles. The standard InChI is InChI=1S/C8H10N2O.ClH/c1-6-3-2-4-10-7(6)5-8(9)11;/h2-4H,5H2,1H3,(H2,9,11);1H. The molecule has 1 rings (SSSR count). The first kappa shape index (κ1) is 10.9.